The Balaban J connectivity index is 2.35. The molecule has 0 unspecified atom stereocenters. The molecule has 0 aliphatic heterocycles. The van der Waals surface area contributed by atoms with Crippen LogP contribution in [0.2, 0.25) is 15.1 Å². The minimum atomic E-state index is -3.76. The number of nitrogens with zero attached hydrogens (tertiary/aromatic N) is 2. The van der Waals surface area contributed by atoms with Gasteiger partial charge in [-0.15, -0.1) is 0 Å². The molecule has 0 fully saturated rings. The van der Waals surface area contributed by atoms with Crippen molar-refractivity contribution in [3.8, 4) is 22.7 Å². The molecule has 25 heavy (non-hydrogen) atoms. The number of sulfone groups is 1. The third-order valence-corrected chi connectivity index (χ3v) is 5.20. The fourth-order valence-corrected chi connectivity index (χ4v) is 3.63. The number of rotatable bonds is 3. The summed E-state index contributed by atoms with van der Waals surface area (Å²) in [6, 6.07) is 11.2. The molecule has 0 saturated heterocycles. The molecule has 0 bridgehead atoms. The lowest BCUT2D eigenvalue weighted by Gasteiger charge is -2.10. The number of hydrogen-bond acceptors (Lipinski definition) is 4. The zero-order valence-corrected chi connectivity index (χ0v) is 15.8. The Morgan fingerprint density at radius 3 is 2.16 bits per heavy atom. The van der Waals surface area contributed by atoms with Gasteiger partial charge in [0.15, 0.2) is 15.6 Å². The van der Waals surface area contributed by atoms with Crippen LogP contribution < -0.4 is 0 Å². The molecule has 1 N–H and O–H groups in total. The standard InChI is InChI=1S/C16H11Cl3N2O3S/c1-25(23,24)16-15(22)14(9-2-4-10(17)5-3-9)21(20-16)13-7-6-11(18)8-12(13)19/h2-8,22H,1H3. The van der Waals surface area contributed by atoms with Gasteiger partial charge in [-0.05, 0) is 30.3 Å². The summed E-state index contributed by atoms with van der Waals surface area (Å²) in [6.45, 7) is 0. The van der Waals surface area contributed by atoms with Gasteiger partial charge in [0.2, 0.25) is 5.03 Å². The van der Waals surface area contributed by atoms with E-state index >= 15 is 0 Å². The molecule has 1 aromatic heterocycles. The van der Waals surface area contributed by atoms with Crippen molar-refractivity contribution in [2.45, 2.75) is 5.03 Å². The summed E-state index contributed by atoms with van der Waals surface area (Å²) in [5.74, 6) is -0.462. The molecule has 0 aliphatic rings. The molecule has 3 rings (SSSR count). The van der Waals surface area contributed by atoms with Crippen LogP contribution in [0.15, 0.2) is 47.5 Å². The molecule has 5 nitrogen and oxygen atoms in total. The molecular formula is C16H11Cl3N2O3S. The lowest BCUT2D eigenvalue weighted by atomic mass is 10.1. The van der Waals surface area contributed by atoms with Gasteiger partial charge in [-0.3, -0.25) is 0 Å². The molecule has 0 saturated carbocycles. The van der Waals surface area contributed by atoms with Crippen LogP contribution >= 0.6 is 34.8 Å². The first-order valence-corrected chi connectivity index (χ1v) is 9.94. The van der Waals surface area contributed by atoms with E-state index in [1.807, 2.05) is 0 Å². The van der Waals surface area contributed by atoms with Crippen LogP contribution in [-0.2, 0) is 9.84 Å². The Kier molecular flexibility index (Phi) is 4.72. The van der Waals surface area contributed by atoms with E-state index in [0.717, 1.165) is 6.26 Å². The van der Waals surface area contributed by atoms with Crippen molar-refractivity contribution in [2.75, 3.05) is 6.26 Å². The van der Waals surface area contributed by atoms with E-state index in [0.29, 0.717) is 21.3 Å². The number of aromatic hydroxyl groups is 1. The number of hydrogen-bond donors (Lipinski definition) is 1. The zero-order valence-electron chi connectivity index (χ0n) is 12.7. The molecule has 9 heteroatoms. The highest BCUT2D eigenvalue weighted by molar-refractivity contribution is 7.90. The monoisotopic (exact) mass is 416 g/mol. The van der Waals surface area contributed by atoms with Crippen molar-refractivity contribution >= 4 is 44.6 Å². The fraction of sp³-hybridized carbons (Fsp3) is 0.0625. The first kappa shape index (κ1) is 18.1. The van der Waals surface area contributed by atoms with Gasteiger partial charge in [0, 0.05) is 21.9 Å². The van der Waals surface area contributed by atoms with Crippen molar-refractivity contribution in [3.05, 3.63) is 57.5 Å². The lowest BCUT2D eigenvalue weighted by molar-refractivity contribution is 0.460. The molecule has 130 valence electrons. The molecule has 0 amide bonds. The second kappa shape index (κ2) is 6.53. The number of benzene rings is 2. The summed E-state index contributed by atoms with van der Waals surface area (Å²) in [4.78, 5) is 0. The number of halogens is 3. The van der Waals surface area contributed by atoms with Gasteiger partial charge in [0.1, 0.15) is 5.69 Å². The van der Waals surface area contributed by atoms with Gasteiger partial charge in [0.05, 0.1) is 10.7 Å². The van der Waals surface area contributed by atoms with Crippen LogP contribution in [0.4, 0.5) is 0 Å². The first-order valence-electron chi connectivity index (χ1n) is 6.92. The Morgan fingerprint density at radius 1 is 1.00 bits per heavy atom. The molecule has 2 aromatic carbocycles. The highest BCUT2D eigenvalue weighted by Crippen LogP contribution is 2.38. The van der Waals surface area contributed by atoms with E-state index in [1.54, 1.807) is 36.4 Å². The van der Waals surface area contributed by atoms with Crippen LogP contribution in [0.3, 0.4) is 0 Å². The highest BCUT2D eigenvalue weighted by atomic mass is 35.5. The summed E-state index contributed by atoms with van der Waals surface area (Å²) in [5.41, 5.74) is 1.08. The minimum absolute atomic E-state index is 0.182. The van der Waals surface area contributed by atoms with Crippen molar-refractivity contribution in [2.24, 2.45) is 0 Å². The molecule has 0 aliphatic carbocycles. The molecule has 3 aromatic rings. The van der Waals surface area contributed by atoms with E-state index in [2.05, 4.69) is 5.10 Å². The first-order chi connectivity index (χ1) is 11.7. The Hall–Kier alpha value is -1.73. The number of aromatic nitrogens is 2. The summed E-state index contributed by atoms with van der Waals surface area (Å²) in [5, 5.41) is 15.3. The third-order valence-electron chi connectivity index (χ3n) is 3.44. The molecule has 0 spiro atoms. The Bertz CT molecular complexity index is 1060. The SMILES string of the molecule is CS(=O)(=O)c1nn(-c2ccc(Cl)cc2Cl)c(-c2ccc(Cl)cc2)c1O. The van der Waals surface area contributed by atoms with E-state index in [1.165, 1.54) is 10.7 Å². The molecule has 0 radical (unpaired) electrons. The van der Waals surface area contributed by atoms with Gasteiger partial charge in [-0.1, -0.05) is 46.9 Å². The van der Waals surface area contributed by atoms with Gasteiger partial charge in [-0.25, -0.2) is 13.1 Å². The van der Waals surface area contributed by atoms with Crippen LogP contribution in [0.1, 0.15) is 0 Å². The highest BCUT2D eigenvalue weighted by Gasteiger charge is 2.26. The predicted octanol–water partition coefficient (Wildman–Crippen LogP) is 4.61. The topological polar surface area (TPSA) is 72.2 Å². The second-order valence-corrected chi connectivity index (χ2v) is 8.50. The average Bonchev–Trinajstić information content (AvgIpc) is 2.85. The van der Waals surface area contributed by atoms with Gasteiger partial charge < -0.3 is 5.11 Å². The Labute approximate surface area is 159 Å². The summed E-state index contributed by atoms with van der Waals surface area (Å²) < 4.78 is 25.2. The van der Waals surface area contributed by atoms with Gasteiger partial charge in [0.25, 0.3) is 0 Å². The smallest absolute Gasteiger partial charge is 0.219 e. The molecule has 0 atom stereocenters. The average molecular weight is 418 g/mol. The summed E-state index contributed by atoms with van der Waals surface area (Å²) in [6.07, 6.45) is 0.967. The third kappa shape index (κ3) is 3.48. The predicted molar refractivity (Wildman–Crippen MR) is 98.8 cm³/mol. The minimum Gasteiger partial charge on any atom is -0.503 e. The van der Waals surface area contributed by atoms with Crippen LogP contribution in [0.5, 0.6) is 5.75 Å². The van der Waals surface area contributed by atoms with E-state index in [9.17, 15) is 13.5 Å². The maximum atomic E-state index is 12.0. The summed E-state index contributed by atoms with van der Waals surface area (Å²) >= 11 is 18.0. The second-order valence-electron chi connectivity index (χ2n) is 5.29. The van der Waals surface area contributed by atoms with Crippen LogP contribution in [0, 0.1) is 0 Å². The largest absolute Gasteiger partial charge is 0.503 e. The van der Waals surface area contributed by atoms with Crippen molar-refractivity contribution < 1.29 is 13.5 Å². The molecular weight excluding hydrogens is 407 g/mol. The zero-order chi connectivity index (χ0) is 18.4. The maximum absolute atomic E-state index is 12.0. The van der Waals surface area contributed by atoms with Gasteiger partial charge >= 0.3 is 0 Å². The molecule has 1 heterocycles. The van der Waals surface area contributed by atoms with Crippen molar-refractivity contribution in [3.63, 3.8) is 0 Å². The van der Waals surface area contributed by atoms with Crippen molar-refractivity contribution in [1.82, 2.24) is 9.78 Å². The van der Waals surface area contributed by atoms with Crippen molar-refractivity contribution in [1.29, 1.82) is 0 Å². The Morgan fingerprint density at radius 2 is 1.60 bits per heavy atom. The lowest BCUT2D eigenvalue weighted by Crippen LogP contribution is -2.03. The fourth-order valence-electron chi connectivity index (χ4n) is 2.33. The van der Waals surface area contributed by atoms with E-state index < -0.39 is 20.6 Å². The van der Waals surface area contributed by atoms with Crippen LogP contribution in [-0.4, -0.2) is 29.6 Å². The van der Waals surface area contributed by atoms with Crippen LogP contribution in [0.25, 0.3) is 16.9 Å². The quantitative estimate of drug-likeness (QED) is 0.675. The van der Waals surface area contributed by atoms with E-state index in [4.69, 9.17) is 34.8 Å². The normalized spacial score (nSPS) is 11.7. The van der Waals surface area contributed by atoms with E-state index in [-0.39, 0.29) is 10.7 Å². The maximum Gasteiger partial charge on any atom is 0.219 e. The summed E-state index contributed by atoms with van der Waals surface area (Å²) in [7, 11) is -3.76. The van der Waals surface area contributed by atoms with Gasteiger partial charge in [-0.2, -0.15) is 5.10 Å².